The summed E-state index contributed by atoms with van der Waals surface area (Å²) in [6, 6.07) is 10.5. The topological polar surface area (TPSA) is 114 Å². The van der Waals surface area contributed by atoms with Crippen LogP contribution in [-0.2, 0) is 14.8 Å². The molecule has 3 N–H and O–H groups in total. The summed E-state index contributed by atoms with van der Waals surface area (Å²) in [5.74, 6) is -0.139. The van der Waals surface area contributed by atoms with E-state index in [1.54, 1.807) is 32.0 Å². The van der Waals surface area contributed by atoms with Crippen molar-refractivity contribution in [2.45, 2.75) is 24.8 Å². The highest BCUT2D eigenvalue weighted by Gasteiger charge is 2.23. The van der Waals surface area contributed by atoms with Crippen molar-refractivity contribution in [1.29, 1.82) is 0 Å². The normalized spacial score (nSPS) is 16.1. The number of benzene rings is 2. The summed E-state index contributed by atoms with van der Waals surface area (Å²) in [4.78, 5) is 24.2. The molecule has 1 heterocycles. The molecule has 2 aromatic carbocycles. The van der Waals surface area contributed by atoms with Gasteiger partial charge in [0.05, 0.1) is 10.6 Å². The molecule has 0 aliphatic carbocycles. The zero-order chi connectivity index (χ0) is 19.6. The Morgan fingerprint density at radius 1 is 1.19 bits per heavy atom. The average molecular weight is 389 g/mol. The first-order valence-corrected chi connectivity index (χ1v) is 9.81. The summed E-state index contributed by atoms with van der Waals surface area (Å²) >= 11 is 0. The molecule has 142 valence electrons. The van der Waals surface area contributed by atoms with Gasteiger partial charge in [0.15, 0.2) is 6.10 Å². The molecule has 0 spiro atoms. The van der Waals surface area contributed by atoms with Crippen LogP contribution in [0.4, 0.5) is 11.4 Å². The van der Waals surface area contributed by atoms with Crippen molar-refractivity contribution >= 4 is 33.2 Å². The third-order valence-electron chi connectivity index (χ3n) is 3.93. The van der Waals surface area contributed by atoms with E-state index in [0.717, 1.165) is 0 Å². The Morgan fingerprint density at radius 3 is 2.56 bits per heavy atom. The van der Waals surface area contributed by atoms with Gasteiger partial charge in [-0.2, -0.15) is 0 Å². The maximum absolute atomic E-state index is 12.4. The highest BCUT2D eigenvalue weighted by Crippen LogP contribution is 2.32. The summed E-state index contributed by atoms with van der Waals surface area (Å²) < 4.78 is 31.7. The number of carbonyl (C=O) groups excluding carboxylic acids is 2. The molecule has 9 heteroatoms. The predicted molar refractivity (Wildman–Crippen MR) is 100 cm³/mol. The van der Waals surface area contributed by atoms with E-state index in [0.29, 0.717) is 22.7 Å². The predicted octanol–water partition coefficient (Wildman–Crippen LogP) is 1.96. The number of amides is 2. The van der Waals surface area contributed by atoms with Crippen molar-refractivity contribution in [3.05, 3.63) is 48.0 Å². The fourth-order valence-corrected chi connectivity index (χ4v) is 3.59. The van der Waals surface area contributed by atoms with E-state index in [1.165, 1.54) is 24.3 Å². The van der Waals surface area contributed by atoms with Crippen LogP contribution in [0.5, 0.6) is 5.75 Å². The van der Waals surface area contributed by atoms with E-state index in [4.69, 9.17) is 4.74 Å². The molecule has 1 aliphatic rings. The van der Waals surface area contributed by atoms with E-state index < -0.39 is 22.0 Å². The second kappa shape index (κ2) is 7.37. The minimum atomic E-state index is -3.57. The molecule has 2 aromatic rings. The lowest BCUT2D eigenvalue weighted by Gasteiger charge is -2.23. The Morgan fingerprint density at radius 2 is 1.89 bits per heavy atom. The summed E-state index contributed by atoms with van der Waals surface area (Å²) in [7, 11) is -3.57. The third kappa shape index (κ3) is 4.09. The Bertz CT molecular complexity index is 987. The van der Waals surface area contributed by atoms with Crippen LogP contribution in [0.1, 0.15) is 24.2 Å². The molecule has 0 unspecified atom stereocenters. The van der Waals surface area contributed by atoms with Gasteiger partial charge < -0.3 is 15.4 Å². The van der Waals surface area contributed by atoms with Gasteiger partial charge >= 0.3 is 0 Å². The zero-order valence-corrected chi connectivity index (χ0v) is 15.6. The van der Waals surface area contributed by atoms with Gasteiger partial charge in [-0.15, -0.1) is 0 Å². The fraction of sp³-hybridized carbons (Fsp3) is 0.222. The molecule has 0 fully saturated rings. The molecule has 0 bridgehead atoms. The van der Waals surface area contributed by atoms with Crippen LogP contribution < -0.4 is 20.1 Å². The van der Waals surface area contributed by atoms with Crippen LogP contribution in [0.3, 0.4) is 0 Å². The molecule has 2 amide bonds. The average Bonchev–Trinajstić information content (AvgIpc) is 2.63. The molecular formula is C18H19N3O5S. The standard InChI is InChI=1S/C18H19N3O5S/c1-3-19-27(24,25)14-7-4-12(5-8-14)18(23)20-13-6-9-16-15(10-13)21-17(22)11(2)26-16/h4-11,19H,3H2,1-2H3,(H,20,23)(H,21,22)/t11-/m0/s1. The molecule has 27 heavy (non-hydrogen) atoms. The minimum absolute atomic E-state index is 0.0867. The molecule has 3 rings (SSSR count). The largest absolute Gasteiger partial charge is 0.479 e. The second-order valence-corrected chi connectivity index (χ2v) is 7.71. The molecule has 8 nitrogen and oxygen atoms in total. The molecule has 0 saturated carbocycles. The lowest BCUT2D eigenvalue weighted by atomic mass is 10.2. The quantitative estimate of drug-likeness (QED) is 0.723. The van der Waals surface area contributed by atoms with Gasteiger partial charge in [-0.3, -0.25) is 9.59 Å². The summed E-state index contributed by atoms with van der Waals surface area (Å²) in [5, 5.41) is 5.42. The van der Waals surface area contributed by atoms with Gasteiger partial charge in [0.1, 0.15) is 5.75 Å². The molecule has 1 aliphatic heterocycles. The number of anilines is 2. The van der Waals surface area contributed by atoms with Gasteiger partial charge in [0.25, 0.3) is 11.8 Å². The first kappa shape index (κ1) is 18.9. The van der Waals surface area contributed by atoms with Gasteiger partial charge in [0, 0.05) is 17.8 Å². The number of rotatable bonds is 5. The van der Waals surface area contributed by atoms with Crippen LogP contribution in [0, 0.1) is 0 Å². The Balaban J connectivity index is 1.74. The van der Waals surface area contributed by atoms with E-state index in [2.05, 4.69) is 15.4 Å². The third-order valence-corrected chi connectivity index (χ3v) is 5.49. The number of carbonyl (C=O) groups is 2. The first-order chi connectivity index (χ1) is 12.8. The SMILES string of the molecule is CCNS(=O)(=O)c1ccc(C(=O)Nc2ccc3c(c2)NC(=O)[C@H](C)O3)cc1. The minimum Gasteiger partial charge on any atom is -0.479 e. The lowest BCUT2D eigenvalue weighted by molar-refractivity contribution is -0.122. The Hall–Kier alpha value is -2.91. The van der Waals surface area contributed by atoms with Crippen LogP contribution >= 0.6 is 0 Å². The van der Waals surface area contributed by atoms with Crippen molar-refractivity contribution in [1.82, 2.24) is 4.72 Å². The van der Waals surface area contributed by atoms with Gasteiger partial charge in [-0.1, -0.05) is 6.92 Å². The smallest absolute Gasteiger partial charge is 0.265 e. The van der Waals surface area contributed by atoms with E-state index in [9.17, 15) is 18.0 Å². The Kier molecular flexibility index (Phi) is 5.15. The first-order valence-electron chi connectivity index (χ1n) is 8.33. The number of hydrogen-bond donors (Lipinski definition) is 3. The fourth-order valence-electron chi connectivity index (χ4n) is 2.55. The lowest BCUT2D eigenvalue weighted by Crippen LogP contribution is -2.34. The zero-order valence-electron chi connectivity index (χ0n) is 14.8. The Labute approximate surface area is 157 Å². The highest BCUT2D eigenvalue weighted by atomic mass is 32.2. The molecule has 0 saturated heterocycles. The van der Waals surface area contributed by atoms with Crippen molar-refractivity contribution < 1.29 is 22.7 Å². The van der Waals surface area contributed by atoms with Gasteiger partial charge in [-0.25, -0.2) is 13.1 Å². The monoisotopic (exact) mass is 389 g/mol. The highest BCUT2D eigenvalue weighted by molar-refractivity contribution is 7.89. The number of sulfonamides is 1. The number of hydrogen-bond acceptors (Lipinski definition) is 5. The number of nitrogens with one attached hydrogen (secondary N) is 3. The maximum Gasteiger partial charge on any atom is 0.265 e. The van der Waals surface area contributed by atoms with E-state index >= 15 is 0 Å². The second-order valence-electron chi connectivity index (χ2n) is 5.94. The van der Waals surface area contributed by atoms with Crippen LogP contribution in [0.25, 0.3) is 0 Å². The van der Waals surface area contributed by atoms with Gasteiger partial charge in [-0.05, 0) is 49.4 Å². The van der Waals surface area contributed by atoms with Crippen LogP contribution in [0.2, 0.25) is 0 Å². The summed E-state index contributed by atoms with van der Waals surface area (Å²) in [6.07, 6.45) is -0.574. The summed E-state index contributed by atoms with van der Waals surface area (Å²) in [6.45, 7) is 3.61. The molecule has 0 radical (unpaired) electrons. The van der Waals surface area contributed by atoms with Crippen molar-refractivity contribution in [3.63, 3.8) is 0 Å². The molecule has 1 atom stereocenters. The maximum atomic E-state index is 12.4. The van der Waals surface area contributed by atoms with E-state index in [-0.39, 0.29) is 17.3 Å². The van der Waals surface area contributed by atoms with Crippen molar-refractivity contribution in [2.75, 3.05) is 17.2 Å². The van der Waals surface area contributed by atoms with Crippen molar-refractivity contribution in [2.24, 2.45) is 0 Å². The van der Waals surface area contributed by atoms with Crippen LogP contribution in [0.15, 0.2) is 47.4 Å². The van der Waals surface area contributed by atoms with Gasteiger partial charge in [0.2, 0.25) is 10.0 Å². The molecular weight excluding hydrogens is 370 g/mol. The van der Waals surface area contributed by atoms with Crippen LogP contribution in [-0.4, -0.2) is 32.9 Å². The number of ether oxygens (including phenoxy) is 1. The number of fused-ring (bicyclic) bond motifs is 1. The van der Waals surface area contributed by atoms with E-state index in [1.807, 2.05) is 0 Å². The summed E-state index contributed by atoms with van der Waals surface area (Å²) in [5.41, 5.74) is 1.25. The van der Waals surface area contributed by atoms with Crippen molar-refractivity contribution in [3.8, 4) is 5.75 Å². The molecule has 0 aromatic heterocycles.